The van der Waals surface area contributed by atoms with Gasteiger partial charge in [0.1, 0.15) is 11.6 Å². The summed E-state index contributed by atoms with van der Waals surface area (Å²) in [6, 6.07) is 3.71. The maximum atomic E-state index is 13.7. The third-order valence-electron chi connectivity index (χ3n) is 4.39. The van der Waals surface area contributed by atoms with Crippen molar-refractivity contribution in [1.29, 1.82) is 0 Å². The summed E-state index contributed by atoms with van der Waals surface area (Å²) >= 11 is 0. The fraction of sp³-hybridized carbons (Fsp3) is 0.412. The maximum Gasteiger partial charge on any atom is 0.257 e. The number of likely N-dealkylation sites (tertiary alicyclic amines) is 1. The van der Waals surface area contributed by atoms with Gasteiger partial charge in [-0.25, -0.2) is 8.78 Å². The number of rotatable bonds is 4. The van der Waals surface area contributed by atoms with E-state index in [0.29, 0.717) is 30.0 Å². The fourth-order valence-corrected chi connectivity index (χ4v) is 3.12. The molecule has 1 amide bonds. The van der Waals surface area contributed by atoms with Gasteiger partial charge in [0, 0.05) is 25.4 Å². The van der Waals surface area contributed by atoms with E-state index in [1.807, 2.05) is 4.90 Å². The molecule has 2 aromatic rings. The summed E-state index contributed by atoms with van der Waals surface area (Å²) in [6.07, 6.45) is 6.44. The van der Waals surface area contributed by atoms with Crippen molar-refractivity contribution in [3.63, 3.8) is 0 Å². The molecule has 1 aromatic carbocycles. The Balaban J connectivity index is 1.57. The Hall–Kier alpha value is -2.24. The van der Waals surface area contributed by atoms with Gasteiger partial charge in [0.15, 0.2) is 0 Å². The molecule has 1 fully saturated rings. The quantitative estimate of drug-likeness (QED) is 0.941. The normalized spacial score (nSPS) is 18.2. The molecule has 6 heteroatoms. The first-order valence-electron chi connectivity index (χ1n) is 7.85. The molecule has 0 spiro atoms. The number of aromatic nitrogens is 2. The summed E-state index contributed by atoms with van der Waals surface area (Å²) in [7, 11) is 0. The van der Waals surface area contributed by atoms with Gasteiger partial charge < -0.3 is 4.90 Å². The van der Waals surface area contributed by atoms with Crippen LogP contribution < -0.4 is 0 Å². The number of H-pyrrole nitrogens is 1. The van der Waals surface area contributed by atoms with E-state index >= 15 is 0 Å². The summed E-state index contributed by atoms with van der Waals surface area (Å²) in [5.41, 5.74) is 1.10. The number of nitrogens with zero attached hydrogens (tertiary/aromatic N) is 2. The monoisotopic (exact) mass is 319 g/mol. The van der Waals surface area contributed by atoms with Crippen LogP contribution in [0.3, 0.4) is 0 Å². The minimum Gasteiger partial charge on any atom is -0.338 e. The van der Waals surface area contributed by atoms with Crippen molar-refractivity contribution in [2.75, 3.05) is 13.1 Å². The van der Waals surface area contributed by atoms with Crippen LogP contribution >= 0.6 is 0 Å². The second kappa shape index (κ2) is 6.89. The third kappa shape index (κ3) is 3.75. The van der Waals surface area contributed by atoms with E-state index in [2.05, 4.69) is 10.2 Å². The summed E-state index contributed by atoms with van der Waals surface area (Å²) in [6.45, 7) is 1.41. The van der Waals surface area contributed by atoms with Gasteiger partial charge in [-0.3, -0.25) is 9.89 Å². The molecule has 2 heterocycles. The predicted molar refractivity (Wildman–Crippen MR) is 81.9 cm³/mol. The van der Waals surface area contributed by atoms with E-state index in [1.165, 1.54) is 18.3 Å². The molecule has 1 N–H and O–H groups in total. The standard InChI is InChI=1S/C17H19F2N3O/c18-15-6-5-13(16(19)8-15)4-3-12-2-1-7-22(11-12)17(23)14-9-20-21-10-14/h5-6,8-10,12H,1-4,7,11H2,(H,20,21)/t12-/m0/s1. The fourth-order valence-electron chi connectivity index (χ4n) is 3.12. The molecule has 122 valence electrons. The van der Waals surface area contributed by atoms with Crippen LogP contribution in [0.15, 0.2) is 30.6 Å². The number of carbonyl (C=O) groups is 1. The second-order valence-corrected chi connectivity index (χ2v) is 6.02. The number of aromatic amines is 1. The Morgan fingerprint density at radius 3 is 3.00 bits per heavy atom. The molecule has 23 heavy (non-hydrogen) atoms. The number of nitrogens with one attached hydrogen (secondary N) is 1. The number of hydrogen-bond acceptors (Lipinski definition) is 2. The Morgan fingerprint density at radius 1 is 1.39 bits per heavy atom. The summed E-state index contributed by atoms with van der Waals surface area (Å²) in [4.78, 5) is 14.2. The van der Waals surface area contributed by atoms with Crippen LogP contribution in [0.5, 0.6) is 0 Å². The average molecular weight is 319 g/mol. The second-order valence-electron chi connectivity index (χ2n) is 6.02. The number of hydrogen-bond donors (Lipinski definition) is 1. The molecule has 0 bridgehead atoms. The van der Waals surface area contributed by atoms with Crippen LogP contribution in [0.1, 0.15) is 35.2 Å². The maximum absolute atomic E-state index is 13.7. The Labute approximate surface area is 133 Å². The van der Waals surface area contributed by atoms with Crippen molar-refractivity contribution in [2.45, 2.75) is 25.7 Å². The highest BCUT2D eigenvalue weighted by molar-refractivity contribution is 5.93. The highest BCUT2D eigenvalue weighted by atomic mass is 19.1. The molecule has 3 rings (SSSR count). The van der Waals surface area contributed by atoms with Gasteiger partial charge >= 0.3 is 0 Å². The first-order chi connectivity index (χ1) is 11.1. The summed E-state index contributed by atoms with van der Waals surface area (Å²) in [5.74, 6) is -0.728. The summed E-state index contributed by atoms with van der Waals surface area (Å²) < 4.78 is 26.6. The molecule has 0 saturated carbocycles. The Bertz CT molecular complexity index is 672. The van der Waals surface area contributed by atoms with Gasteiger partial charge in [0.25, 0.3) is 5.91 Å². The predicted octanol–water partition coefficient (Wildman–Crippen LogP) is 3.17. The van der Waals surface area contributed by atoms with Crippen LogP contribution in [0, 0.1) is 17.6 Å². The Kier molecular flexibility index (Phi) is 4.69. The number of amides is 1. The van der Waals surface area contributed by atoms with Gasteiger partial charge in [0.05, 0.1) is 11.8 Å². The molecule has 1 aliphatic heterocycles. The number of piperidine rings is 1. The lowest BCUT2D eigenvalue weighted by Crippen LogP contribution is -2.39. The highest BCUT2D eigenvalue weighted by Crippen LogP contribution is 2.23. The zero-order valence-corrected chi connectivity index (χ0v) is 12.8. The lowest BCUT2D eigenvalue weighted by molar-refractivity contribution is 0.0668. The molecule has 1 saturated heterocycles. The largest absolute Gasteiger partial charge is 0.338 e. The Morgan fingerprint density at radius 2 is 2.26 bits per heavy atom. The first-order valence-corrected chi connectivity index (χ1v) is 7.85. The highest BCUT2D eigenvalue weighted by Gasteiger charge is 2.25. The molecule has 0 aliphatic carbocycles. The number of aryl methyl sites for hydroxylation is 1. The van der Waals surface area contributed by atoms with E-state index in [4.69, 9.17) is 0 Å². The minimum absolute atomic E-state index is 0.0172. The smallest absolute Gasteiger partial charge is 0.257 e. The van der Waals surface area contributed by atoms with Crippen LogP contribution in [0.25, 0.3) is 0 Å². The molecular formula is C17H19F2N3O. The van der Waals surface area contributed by atoms with Crippen molar-refractivity contribution in [2.24, 2.45) is 5.92 Å². The topological polar surface area (TPSA) is 49.0 Å². The van der Waals surface area contributed by atoms with Crippen LogP contribution in [0.2, 0.25) is 0 Å². The zero-order valence-electron chi connectivity index (χ0n) is 12.8. The van der Waals surface area contributed by atoms with E-state index in [0.717, 1.165) is 31.9 Å². The van der Waals surface area contributed by atoms with Gasteiger partial charge in [-0.15, -0.1) is 0 Å². The van der Waals surface area contributed by atoms with Crippen molar-refractivity contribution in [1.82, 2.24) is 15.1 Å². The first kappa shape index (κ1) is 15.6. The lowest BCUT2D eigenvalue weighted by atomic mass is 9.91. The molecule has 1 aromatic heterocycles. The molecular weight excluding hydrogens is 300 g/mol. The van der Waals surface area contributed by atoms with Crippen LogP contribution in [0.4, 0.5) is 8.78 Å². The molecule has 0 radical (unpaired) electrons. The summed E-state index contributed by atoms with van der Waals surface area (Å²) in [5, 5.41) is 6.45. The van der Waals surface area contributed by atoms with E-state index in [1.54, 1.807) is 6.20 Å². The van der Waals surface area contributed by atoms with Gasteiger partial charge in [-0.1, -0.05) is 6.07 Å². The number of halogens is 2. The number of benzene rings is 1. The van der Waals surface area contributed by atoms with E-state index in [9.17, 15) is 13.6 Å². The SMILES string of the molecule is O=C(c1cn[nH]c1)N1CCC[C@@H](CCc2ccc(F)cc2F)C1. The molecule has 1 aliphatic rings. The lowest BCUT2D eigenvalue weighted by Gasteiger charge is -2.32. The van der Waals surface area contributed by atoms with Crippen molar-refractivity contribution < 1.29 is 13.6 Å². The van der Waals surface area contributed by atoms with Crippen molar-refractivity contribution in [3.8, 4) is 0 Å². The average Bonchev–Trinajstić information content (AvgIpc) is 3.08. The molecule has 0 unspecified atom stereocenters. The zero-order chi connectivity index (χ0) is 16.2. The third-order valence-corrected chi connectivity index (χ3v) is 4.39. The van der Waals surface area contributed by atoms with Crippen LogP contribution in [-0.2, 0) is 6.42 Å². The van der Waals surface area contributed by atoms with Gasteiger partial charge in [-0.2, -0.15) is 5.10 Å². The van der Waals surface area contributed by atoms with E-state index in [-0.39, 0.29) is 5.91 Å². The van der Waals surface area contributed by atoms with Crippen molar-refractivity contribution >= 4 is 5.91 Å². The minimum atomic E-state index is -0.555. The molecule has 1 atom stereocenters. The number of carbonyl (C=O) groups excluding carboxylic acids is 1. The molecule has 4 nitrogen and oxygen atoms in total. The van der Waals surface area contributed by atoms with Crippen molar-refractivity contribution in [3.05, 3.63) is 53.4 Å². The van der Waals surface area contributed by atoms with Crippen LogP contribution in [-0.4, -0.2) is 34.1 Å². The van der Waals surface area contributed by atoms with Gasteiger partial charge in [-0.05, 0) is 43.2 Å². The van der Waals surface area contributed by atoms with Gasteiger partial charge in [0.2, 0.25) is 0 Å². The van der Waals surface area contributed by atoms with E-state index < -0.39 is 11.6 Å².